The van der Waals surface area contributed by atoms with Crippen LogP contribution in [0.1, 0.15) is 5.56 Å². The zero-order chi connectivity index (χ0) is 11.8. The predicted octanol–water partition coefficient (Wildman–Crippen LogP) is 3.22. The van der Waals surface area contributed by atoms with Crippen LogP contribution in [-0.2, 0) is 0 Å². The monoisotopic (exact) mass is 335 g/mol. The minimum atomic E-state index is -4.93. The van der Waals surface area contributed by atoms with Crippen LogP contribution in [-0.4, -0.2) is 6.36 Å². The van der Waals surface area contributed by atoms with E-state index in [9.17, 15) is 17.6 Å². The molecular formula is C8H6F4INO. The van der Waals surface area contributed by atoms with Crippen molar-refractivity contribution in [3.63, 3.8) is 0 Å². The van der Waals surface area contributed by atoms with Crippen LogP contribution >= 0.6 is 22.6 Å². The van der Waals surface area contributed by atoms with Gasteiger partial charge in [0, 0.05) is 0 Å². The fourth-order valence-corrected chi connectivity index (χ4v) is 1.47. The first-order valence-electron chi connectivity index (χ1n) is 3.72. The van der Waals surface area contributed by atoms with E-state index < -0.39 is 17.9 Å². The van der Waals surface area contributed by atoms with Crippen molar-refractivity contribution < 1.29 is 22.3 Å². The molecule has 2 N–H and O–H groups in total. The summed E-state index contributed by atoms with van der Waals surface area (Å²) in [6.45, 7) is 1.51. The summed E-state index contributed by atoms with van der Waals surface area (Å²) in [6.07, 6.45) is -4.93. The van der Waals surface area contributed by atoms with Gasteiger partial charge in [0.15, 0.2) is 11.6 Å². The maximum atomic E-state index is 13.2. The summed E-state index contributed by atoms with van der Waals surface area (Å²) in [7, 11) is 0. The number of alkyl halides is 3. The molecule has 1 aromatic rings. The average molecular weight is 335 g/mol. The maximum absolute atomic E-state index is 13.2. The number of aryl methyl sites for hydroxylation is 1. The molecule has 0 radical (unpaired) electrons. The van der Waals surface area contributed by atoms with Crippen molar-refractivity contribution in [2.45, 2.75) is 13.3 Å². The normalized spacial score (nSPS) is 11.6. The Bertz CT molecular complexity index is 365. The van der Waals surface area contributed by atoms with E-state index in [4.69, 9.17) is 5.73 Å². The molecule has 1 aromatic carbocycles. The molecule has 0 atom stereocenters. The Morgan fingerprint density at radius 3 is 2.40 bits per heavy atom. The Balaban J connectivity index is 3.27. The van der Waals surface area contributed by atoms with Crippen LogP contribution in [0.4, 0.5) is 23.2 Å². The number of anilines is 1. The summed E-state index contributed by atoms with van der Waals surface area (Å²) in [5, 5.41) is 0. The van der Waals surface area contributed by atoms with E-state index in [2.05, 4.69) is 4.74 Å². The molecule has 0 heterocycles. The molecule has 0 spiro atoms. The highest BCUT2D eigenvalue weighted by molar-refractivity contribution is 14.1. The van der Waals surface area contributed by atoms with Crippen molar-refractivity contribution in [3.8, 4) is 5.75 Å². The van der Waals surface area contributed by atoms with Gasteiger partial charge in [-0.15, -0.1) is 13.2 Å². The lowest BCUT2D eigenvalue weighted by molar-refractivity contribution is -0.275. The number of hydrogen-bond donors (Lipinski definition) is 1. The highest BCUT2D eigenvalue weighted by Crippen LogP contribution is 2.35. The van der Waals surface area contributed by atoms with Crippen LogP contribution in [0.15, 0.2) is 6.07 Å². The molecule has 0 saturated carbocycles. The molecule has 0 bridgehead atoms. The van der Waals surface area contributed by atoms with Crippen molar-refractivity contribution in [3.05, 3.63) is 21.0 Å². The fraction of sp³-hybridized carbons (Fsp3) is 0.250. The van der Waals surface area contributed by atoms with E-state index in [1.807, 2.05) is 0 Å². The first-order chi connectivity index (χ1) is 6.72. The van der Waals surface area contributed by atoms with Gasteiger partial charge in [0.25, 0.3) is 0 Å². The predicted molar refractivity (Wildman–Crippen MR) is 54.9 cm³/mol. The summed E-state index contributed by atoms with van der Waals surface area (Å²) in [4.78, 5) is 0. The first-order valence-corrected chi connectivity index (χ1v) is 4.80. The second kappa shape index (κ2) is 4.03. The number of nitrogens with two attached hydrogens (primary N) is 1. The molecular weight excluding hydrogens is 329 g/mol. The number of ether oxygens (including phenoxy) is 1. The molecule has 0 aliphatic heterocycles. The molecule has 15 heavy (non-hydrogen) atoms. The van der Waals surface area contributed by atoms with Gasteiger partial charge in [-0.3, -0.25) is 0 Å². The Morgan fingerprint density at radius 1 is 1.40 bits per heavy atom. The van der Waals surface area contributed by atoms with Gasteiger partial charge >= 0.3 is 6.36 Å². The number of nitrogen functional groups attached to an aromatic ring is 1. The van der Waals surface area contributed by atoms with Crippen LogP contribution in [0.3, 0.4) is 0 Å². The van der Waals surface area contributed by atoms with E-state index in [0.717, 1.165) is 0 Å². The maximum Gasteiger partial charge on any atom is 0.573 e. The third-order valence-electron chi connectivity index (χ3n) is 1.59. The first kappa shape index (κ1) is 12.3. The molecule has 0 aliphatic carbocycles. The standard InChI is InChI=1S/C8H6F4INO/c1-3-2-4(14)5(9)7(6(3)13)15-8(10,11)12/h2H,14H2,1H3. The molecule has 1 rings (SSSR count). The SMILES string of the molecule is Cc1cc(N)c(F)c(OC(F)(F)F)c1I. The molecule has 0 aliphatic rings. The topological polar surface area (TPSA) is 35.2 Å². The average Bonchev–Trinajstić information content (AvgIpc) is 2.08. The number of hydrogen-bond acceptors (Lipinski definition) is 2. The minimum Gasteiger partial charge on any atom is -0.401 e. The van der Waals surface area contributed by atoms with Crippen molar-refractivity contribution >= 4 is 28.3 Å². The van der Waals surface area contributed by atoms with Gasteiger partial charge in [-0.1, -0.05) is 0 Å². The quantitative estimate of drug-likeness (QED) is 0.486. The van der Waals surface area contributed by atoms with Gasteiger partial charge in [-0.2, -0.15) is 0 Å². The Morgan fingerprint density at radius 2 is 1.93 bits per heavy atom. The molecule has 84 valence electrons. The highest BCUT2D eigenvalue weighted by atomic mass is 127. The lowest BCUT2D eigenvalue weighted by Gasteiger charge is -2.13. The summed E-state index contributed by atoms with van der Waals surface area (Å²) in [5.41, 5.74) is 5.24. The van der Waals surface area contributed by atoms with E-state index in [0.29, 0.717) is 5.56 Å². The lowest BCUT2D eigenvalue weighted by Crippen LogP contribution is -2.19. The van der Waals surface area contributed by atoms with Gasteiger partial charge in [-0.25, -0.2) is 4.39 Å². The number of rotatable bonds is 1. The second-order valence-electron chi connectivity index (χ2n) is 2.79. The zero-order valence-corrected chi connectivity index (χ0v) is 9.61. The molecule has 0 amide bonds. The molecule has 7 heteroatoms. The van der Waals surface area contributed by atoms with Crippen LogP contribution in [0, 0.1) is 16.3 Å². The summed E-state index contributed by atoms with van der Waals surface area (Å²) in [6, 6.07) is 1.25. The second-order valence-corrected chi connectivity index (χ2v) is 3.87. The van der Waals surface area contributed by atoms with Crippen molar-refractivity contribution in [1.29, 1.82) is 0 Å². The zero-order valence-electron chi connectivity index (χ0n) is 7.45. The van der Waals surface area contributed by atoms with Gasteiger partial charge < -0.3 is 10.5 Å². The van der Waals surface area contributed by atoms with Crippen molar-refractivity contribution in [2.75, 3.05) is 5.73 Å². The Kier molecular flexibility index (Phi) is 3.31. The number of benzene rings is 1. The molecule has 0 unspecified atom stereocenters. The number of halogens is 5. The lowest BCUT2D eigenvalue weighted by atomic mass is 10.2. The summed E-state index contributed by atoms with van der Waals surface area (Å²) in [5.74, 6) is -2.07. The van der Waals surface area contributed by atoms with Crippen molar-refractivity contribution in [2.24, 2.45) is 0 Å². The van der Waals surface area contributed by atoms with E-state index in [1.54, 1.807) is 22.6 Å². The van der Waals surface area contributed by atoms with E-state index in [1.165, 1.54) is 13.0 Å². The Hall–Kier alpha value is -0.730. The molecule has 0 saturated heterocycles. The van der Waals surface area contributed by atoms with E-state index in [-0.39, 0.29) is 9.26 Å². The fourth-order valence-electron chi connectivity index (χ4n) is 0.972. The van der Waals surface area contributed by atoms with Crippen molar-refractivity contribution in [1.82, 2.24) is 0 Å². The molecule has 0 fully saturated rings. The third kappa shape index (κ3) is 2.86. The van der Waals surface area contributed by atoms with Crippen LogP contribution in [0.2, 0.25) is 0 Å². The molecule has 0 aromatic heterocycles. The van der Waals surface area contributed by atoms with Crippen LogP contribution in [0.25, 0.3) is 0 Å². The van der Waals surface area contributed by atoms with Gasteiger partial charge in [0.2, 0.25) is 0 Å². The summed E-state index contributed by atoms with van der Waals surface area (Å²) < 4.78 is 52.6. The smallest absolute Gasteiger partial charge is 0.401 e. The minimum absolute atomic E-state index is 0.0524. The Labute approximate surface area is 96.5 Å². The molecule has 2 nitrogen and oxygen atoms in total. The van der Waals surface area contributed by atoms with Crippen LogP contribution < -0.4 is 10.5 Å². The highest BCUT2D eigenvalue weighted by Gasteiger charge is 2.34. The van der Waals surface area contributed by atoms with Gasteiger partial charge in [-0.05, 0) is 41.1 Å². The summed E-state index contributed by atoms with van der Waals surface area (Å²) >= 11 is 1.57. The van der Waals surface area contributed by atoms with E-state index >= 15 is 0 Å². The van der Waals surface area contributed by atoms with Crippen LogP contribution in [0.5, 0.6) is 5.75 Å². The third-order valence-corrected chi connectivity index (χ3v) is 2.93. The van der Waals surface area contributed by atoms with Gasteiger partial charge in [0.05, 0.1) is 9.26 Å². The largest absolute Gasteiger partial charge is 0.573 e. The van der Waals surface area contributed by atoms with Gasteiger partial charge in [0.1, 0.15) is 0 Å².